The summed E-state index contributed by atoms with van der Waals surface area (Å²) in [5, 5.41) is 10.6. The van der Waals surface area contributed by atoms with Crippen LogP contribution in [0.4, 0.5) is 0 Å². The Bertz CT molecular complexity index is 182. The highest BCUT2D eigenvalue weighted by atomic mass is 32.2. The molecule has 0 saturated heterocycles. The van der Waals surface area contributed by atoms with Crippen LogP contribution in [0.25, 0.3) is 0 Å². The van der Waals surface area contributed by atoms with Crippen molar-refractivity contribution in [1.29, 1.82) is 0 Å². The van der Waals surface area contributed by atoms with Crippen LogP contribution in [0.2, 0.25) is 0 Å². The normalized spacial score (nSPS) is 16.9. The molecule has 2 atom stereocenters. The van der Waals surface area contributed by atoms with E-state index in [1.807, 2.05) is 11.8 Å². The number of aliphatic hydroxyl groups is 1. The van der Waals surface area contributed by atoms with Gasteiger partial charge in [0.25, 0.3) is 0 Å². The summed E-state index contributed by atoms with van der Waals surface area (Å²) in [6.07, 6.45) is 1.86. The van der Waals surface area contributed by atoms with Gasteiger partial charge in [-0.15, -0.1) is 11.8 Å². The van der Waals surface area contributed by atoms with E-state index in [4.69, 9.17) is 0 Å². The van der Waals surface area contributed by atoms with Gasteiger partial charge < -0.3 is 5.11 Å². The van der Waals surface area contributed by atoms with Crippen LogP contribution in [0.3, 0.4) is 0 Å². The van der Waals surface area contributed by atoms with E-state index in [1.165, 1.54) is 0 Å². The van der Waals surface area contributed by atoms with Crippen molar-refractivity contribution in [1.82, 2.24) is 0 Å². The Hall–Kier alpha value is 0.310. The van der Waals surface area contributed by atoms with Crippen LogP contribution < -0.4 is 0 Å². The maximum atomic E-state index is 10.3. The Balaban J connectivity index is 4.41. The monoisotopic (exact) mass is 246 g/mol. The summed E-state index contributed by atoms with van der Waals surface area (Å²) in [5.74, 6) is 1.23. The van der Waals surface area contributed by atoms with Gasteiger partial charge in [0, 0.05) is 10.00 Å². The van der Waals surface area contributed by atoms with Gasteiger partial charge in [-0.05, 0) is 24.7 Å². The number of rotatable bonds is 6. The van der Waals surface area contributed by atoms with Crippen LogP contribution >= 0.6 is 11.8 Å². The zero-order valence-corrected chi connectivity index (χ0v) is 12.9. The van der Waals surface area contributed by atoms with Crippen molar-refractivity contribution in [2.45, 2.75) is 77.4 Å². The fraction of sp³-hybridized carbons (Fsp3) is 1.00. The molecule has 0 aromatic rings. The molecule has 0 aliphatic heterocycles. The fourth-order valence-corrected chi connectivity index (χ4v) is 3.49. The molecule has 0 amide bonds. The third-order valence-electron chi connectivity index (χ3n) is 2.35. The summed E-state index contributed by atoms with van der Waals surface area (Å²) >= 11 is 1.93. The minimum absolute atomic E-state index is 0.161. The van der Waals surface area contributed by atoms with E-state index in [1.54, 1.807) is 0 Å². The summed E-state index contributed by atoms with van der Waals surface area (Å²) in [7, 11) is 0. The molecule has 2 heteroatoms. The van der Waals surface area contributed by atoms with Gasteiger partial charge in [0.1, 0.15) is 0 Å². The highest BCUT2D eigenvalue weighted by molar-refractivity contribution is 8.01. The van der Waals surface area contributed by atoms with Gasteiger partial charge in [-0.1, -0.05) is 48.5 Å². The third kappa shape index (κ3) is 8.46. The first-order chi connectivity index (χ1) is 7.11. The Kier molecular flexibility index (Phi) is 7.04. The molecule has 0 radical (unpaired) electrons. The molecule has 1 N–H and O–H groups in total. The first kappa shape index (κ1) is 16.3. The van der Waals surface area contributed by atoms with Crippen molar-refractivity contribution in [2.24, 2.45) is 11.8 Å². The largest absolute Gasteiger partial charge is 0.392 e. The van der Waals surface area contributed by atoms with Crippen molar-refractivity contribution in [3.8, 4) is 0 Å². The fourth-order valence-electron chi connectivity index (χ4n) is 1.84. The van der Waals surface area contributed by atoms with Gasteiger partial charge in [-0.25, -0.2) is 0 Å². The molecule has 0 heterocycles. The van der Waals surface area contributed by atoms with Gasteiger partial charge in [-0.2, -0.15) is 0 Å². The smallest absolute Gasteiger partial charge is 0.0661 e. The number of thioether (sulfide) groups is 1. The summed E-state index contributed by atoms with van der Waals surface area (Å²) in [5.41, 5.74) is 0. The summed E-state index contributed by atoms with van der Waals surface area (Å²) in [4.78, 5) is 0. The predicted octanol–water partition coefficient (Wildman–Crippen LogP) is 4.34. The summed E-state index contributed by atoms with van der Waals surface area (Å²) in [6.45, 7) is 15.5. The topological polar surface area (TPSA) is 20.2 Å². The number of aliphatic hydroxyl groups excluding tert-OH is 1. The van der Waals surface area contributed by atoms with Crippen LogP contribution in [0.1, 0.15) is 61.3 Å². The Labute approximate surface area is 106 Å². The first-order valence-electron chi connectivity index (χ1n) is 6.47. The van der Waals surface area contributed by atoms with Crippen molar-refractivity contribution in [2.75, 3.05) is 0 Å². The Morgan fingerprint density at radius 3 is 1.69 bits per heavy atom. The second kappa shape index (κ2) is 6.90. The number of hydrogen-bond acceptors (Lipinski definition) is 2. The molecule has 0 aliphatic rings. The molecule has 0 aromatic carbocycles. The van der Waals surface area contributed by atoms with E-state index in [0.717, 1.165) is 12.8 Å². The zero-order valence-electron chi connectivity index (χ0n) is 12.1. The molecule has 0 aromatic heterocycles. The zero-order chi connectivity index (χ0) is 12.9. The molecule has 16 heavy (non-hydrogen) atoms. The van der Waals surface area contributed by atoms with Crippen molar-refractivity contribution in [3.63, 3.8) is 0 Å². The molecule has 0 aliphatic carbocycles. The highest BCUT2D eigenvalue weighted by Gasteiger charge is 2.26. The molecule has 98 valence electrons. The van der Waals surface area contributed by atoms with Gasteiger partial charge in [0.15, 0.2) is 0 Å². The molecule has 0 rings (SSSR count). The second-order valence-corrected chi connectivity index (χ2v) is 8.66. The maximum absolute atomic E-state index is 10.3. The van der Waals surface area contributed by atoms with Crippen molar-refractivity contribution < 1.29 is 5.11 Å². The van der Waals surface area contributed by atoms with Crippen molar-refractivity contribution in [3.05, 3.63) is 0 Å². The predicted molar refractivity (Wildman–Crippen MR) is 76.0 cm³/mol. The van der Waals surface area contributed by atoms with E-state index < -0.39 is 0 Å². The van der Waals surface area contributed by atoms with E-state index >= 15 is 0 Å². The number of hydrogen-bond donors (Lipinski definition) is 1. The quantitative estimate of drug-likeness (QED) is 0.752. The van der Waals surface area contributed by atoms with E-state index in [-0.39, 0.29) is 10.9 Å². The van der Waals surface area contributed by atoms with Crippen LogP contribution in [-0.4, -0.2) is 21.2 Å². The lowest BCUT2D eigenvalue weighted by molar-refractivity contribution is 0.138. The van der Waals surface area contributed by atoms with Crippen LogP contribution in [0.15, 0.2) is 0 Å². The molecule has 0 bridgehead atoms. The molecular formula is C14H30OS. The third-order valence-corrected chi connectivity index (χ3v) is 3.87. The lowest BCUT2D eigenvalue weighted by atomic mass is 9.98. The van der Waals surface area contributed by atoms with Gasteiger partial charge in [0.05, 0.1) is 6.10 Å². The molecule has 1 nitrogen and oxygen atoms in total. The van der Waals surface area contributed by atoms with Crippen LogP contribution in [0, 0.1) is 11.8 Å². The van der Waals surface area contributed by atoms with Gasteiger partial charge >= 0.3 is 0 Å². The maximum Gasteiger partial charge on any atom is 0.0661 e. The van der Waals surface area contributed by atoms with Gasteiger partial charge in [-0.3, -0.25) is 0 Å². The highest BCUT2D eigenvalue weighted by Crippen LogP contribution is 2.34. The summed E-state index contributed by atoms with van der Waals surface area (Å²) in [6, 6.07) is 0. The molecule has 1 unspecified atom stereocenters. The first-order valence-corrected chi connectivity index (χ1v) is 7.35. The second-order valence-electron chi connectivity index (χ2n) is 6.60. The van der Waals surface area contributed by atoms with Crippen LogP contribution in [-0.2, 0) is 0 Å². The van der Waals surface area contributed by atoms with E-state index in [0.29, 0.717) is 17.1 Å². The van der Waals surface area contributed by atoms with Crippen LogP contribution in [0.5, 0.6) is 0 Å². The molecule has 0 spiro atoms. The van der Waals surface area contributed by atoms with E-state index in [2.05, 4.69) is 48.5 Å². The Morgan fingerprint density at radius 1 is 0.938 bits per heavy atom. The lowest BCUT2D eigenvalue weighted by Gasteiger charge is -2.31. The average Bonchev–Trinajstić information content (AvgIpc) is 1.97. The SMILES string of the molecule is CC(C)CC(O)[C@H](CC(C)C)SC(C)(C)C. The standard InChI is InChI=1S/C14H30OS/c1-10(2)8-12(15)13(9-11(3)4)16-14(5,6)7/h10-13,15H,8-9H2,1-7H3/t12?,13-/m0/s1. The molecule has 0 fully saturated rings. The average molecular weight is 246 g/mol. The summed E-state index contributed by atoms with van der Waals surface area (Å²) < 4.78 is 0.234. The van der Waals surface area contributed by atoms with Gasteiger partial charge in [0.2, 0.25) is 0 Å². The minimum atomic E-state index is -0.161. The minimum Gasteiger partial charge on any atom is -0.392 e. The Morgan fingerprint density at radius 2 is 1.38 bits per heavy atom. The molecular weight excluding hydrogens is 216 g/mol. The van der Waals surface area contributed by atoms with E-state index in [9.17, 15) is 5.11 Å². The van der Waals surface area contributed by atoms with Crippen molar-refractivity contribution >= 4 is 11.8 Å². The lowest BCUT2D eigenvalue weighted by Crippen LogP contribution is -2.30. The molecule has 0 saturated carbocycles.